The van der Waals surface area contributed by atoms with Gasteiger partial charge in [-0.2, -0.15) is 5.10 Å². The van der Waals surface area contributed by atoms with E-state index in [0.717, 1.165) is 16.7 Å². The summed E-state index contributed by atoms with van der Waals surface area (Å²) in [7, 11) is 0. The number of benzene rings is 2. The number of hydrogen-bond donors (Lipinski definition) is 1. The maximum Gasteiger partial charge on any atom is 0.573 e. The van der Waals surface area contributed by atoms with Crippen molar-refractivity contribution in [3.8, 4) is 22.6 Å². The van der Waals surface area contributed by atoms with Crippen molar-refractivity contribution in [2.45, 2.75) is 19.8 Å². The molecule has 0 saturated heterocycles. The lowest BCUT2D eigenvalue weighted by Gasteiger charge is -2.19. The lowest BCUT2D eigenvalue weighted by atomic mass is 10.0. The van der Waals surface area contributed by atoms with Crippen molar-refractivity contribution in [1.29, 1.82) is 0 Å². The van der Waals surface area contributed by atoms with E-state index in [-0.39, 0.29) is 11.7 Å². The number of aromatic nitrogens is 2. The molecule has 0 fully saturated rings. The standard InChI is InChI=1S/C21H18F3N3O3/c1-13-18(11-25-26-13)20(28)27-8-9-29-19-7-4-15(10-16(19)12-27)14-2-5-17(6-3-14)30-21(22,23)24/h2-7,10-11H,8-9,12H2,1H3,(H,25,26). The van der Waals surface area contributed by atoms with Crippen LogP contribution in [0.2, 0.25) is 0 Å². The minimum Gasteiger partial charge on any atom is -0.491 e. The molecule has 9 heteroatoms. The third kappa shape index (κ3) is 4.24. The predicted octanol–water partition coefficient (Wildman–Crippen LogP) is 4.32. The number of carbonyl (C=O) groups excluding carboxylic acids is 1. The summed E-state index contributed by atoms with van der Waals surface area (Å²) in [5.41, 5.74) is 3.47. The number of ether oxygens (including phenoxy) is 2. The zero-order valence-electron chi connectivity index (χ0n) is 16.0. The Hall–Kier alpha value is -3.49. The van der Waals surface area contributed by atoms with Crippen molar-refractivity contribution in [1.82, 2.24) is 15.1 Å². The Kier molecular flexibility index (Phi) is 5.11. The Balaban J connectivity index is 1.57. The lowest BCUT2D eigenvalue weighted by Crippen LogP contribution is -2.32. The SMILES string of the molecule is Cc1n[nH]cc1C(=O)N1CCOc2ccc(-c3ccc(OC(F)(F)F)cc3)cc2C1. The molecule has 1 aromatic heterocycles. The van der Waals surface area contributed by atoms with Gasteiger partial charge in [0.25, 0.3) is 5.91 Å². The first-order chi connectivity index (χ1) is 14.3. The number of halogens is 3. The first kappa shape index (κ1) is 19.8. The van der Waals surface area contributed by atoms with Gasteiger partial charge in [0, 0.05) is 18.3 Å². The van der Waals surface area contributed by atoms with Crippen molar-refractivity contribution in [3.63, 3.8) is 0 Å². The lowest BCUT2D eigenvalue weighted by molar-refractivity contribution is -0.274. The topological polar surface area (TPSA) is 67.5 Å². The molecule has 0 aliphatic carbocycles. The van der Waals surface area contributed by atoms with E-state index in [1.165, 1.54) is 12.1 Å². The van der Waals surface area contributed by atoms with E-state index in [1.54, 1.807) is 30.2 Å². The largest absolute Gasteiger partial charge is 0.573 e. The van der Waals surface area contributed by atoms with E-state index in [4.69, 9.17) is 4.74 Å². The maximum absolute atomic E-state index is 12.9. The van der Waals surface area contributed by atoms with Gasteiger partial charge >= 0.3 is 6.36 Å². The summed E-state index contributed by atoms with van der Waals surface area (Å²) >= 11 is 0. The van der Waals surface area contributed by atoms with Gasteiger partial charge in [-0.05, 0) is 42.3 Å². The fraction of sp³-hybridized carbons (Fsp3) is 0.238. The van der Waals surface area contributed by atoms with E-state index in [1.807, 2.05) is 18.2 Å². The molecule has 156 valence electrons. The number of hydrogen-bond acceptors (Lipinski definition) is 4. The van der Waals surface area contributed by atoms with Crippen molar-refractivity contribution in [2.24, 2.45) is 0 Å². The van der Waals surface area contributed by atoms with Crippen LogP contribution in [-0.2, 0) is 6.54 Å². The smallest absolute Gasteiger partial charge is 0.491 e. The van der Waals surface area contributed by atoms with Gasteiger partial charge in [-0.3, -0.25) is 9.89 Å². The van der Waals surface area contributed by atoms with E-state index in [0.29, 0.717) is 36.7 Å². The number of fused-ring (bicyclic) bond motifs is 1. The Bertz CT molecular complexity index is 1060. The number of nitrogens with zero attached hydrogens (tertiary/aromatic N) is 2. The molecular formula is C21H18F3N3O3. The monoisotopic (exact) mass is 417 g/mol. The molecule has 30 heavy (non-hydrogen) atoms. The number of carbonyl (C=O) groups is 1. The second-order valence-corrected chi connectivity index (χ2v) is 6.85. The molecule has 0 atom stereocenters. The van der Waals surface area contributed by atoms with Gasteiger partial charge < -0.3 is 14.4 Å². The Morgan fingerprint density at radius 1 is 1.17 bits per heavy atom. The quantitative estimate of drug-likeness (QED) is 0.689. The highest BCUT2D eigenvalue weighted by molar-refractivity contribution is 5.95. The average Bonchev–Trinajstić information content (AvgIpc) is 3.01. The first-order valence-corrected chi connectivity index (χ1v) is 9.22. The van der Waals surface area contributed by atoms with Crippen LogP contribution in [0, 0.1) is 6.92 Å². The van der Waals surface area contributed by atoms with Gasteiger partial charge in [0.15, 0.2) is 0 Å². The van der Waals surface area contributed by atoms with E-state index in [2.05, 4.69) is 14.9 Å². The van der Waals surface area contributed by atoms with Crippen molar-refractivity contribution >= 4 is 5.91 Å². The minimum absolute atomic E-state index is 0.142. The Morgan fingerprint density at radius 2 is 1.90 bits per heavy atom. The molecule has 1 aliphatic heterocycles. The van der Waals surface area contributed by atoms with Crippen LogP contribution in [0.3, 0.4) is 0 Å². The fourth-order valence-electron chi connectivity index (χ4n) is 3.34. The molecule has 0 radical (unpaired) electrons. The number of H-pyrrole nitrogens is 1. The highest BCUT2D eigenvalue weighted by atomic mass is 19.4. The van der Waals surface area contributed by atoms with E-state index >= 15 is 0 Å². The number of nitrogens with one attached hydrogen (secondary N) is 1. The van der Waals surface area contributed by atoms with Crippen LogP contribution in [0.15, 0.2) is 48.7 Å². The Labute approximate surface area is 170 Å². The normalized spacial score (nSPS) is 13.9. The van der Waals surface area contributed by atoms with Gasteiger partial charge in [-0.25, -0.2) is 0 Å². The molecule has 2 heterocycles. The zero-order valence-corrected chi connectivity index (χ0v) is 16.0. The highest BCUT2D eigenvalue weighted by Gasteiger charge is 2.31. The summed E-state index contributed by atoms with van der Waals surface area (Å²) in [6, 6.07) is 11.2. The molecule has 0 spiro atoms. The number of alkyl halides is 3. The summed E-state index contributed by atoms with van der Waals surface area (Å²) in [4.78, 5) is 14.5. The van der Waals surface area contributed by atoms with E-state index in [9.17, 15) is 18.0 Å². The summed E-state index contributed by atoms with van der Waals surface area (Å²) < 4.78 is 46.7. The molecule has 3 aromatic rings. The van der Waals surface area contributed by atoms with Crippen molar-refractivity contribution < 1.29 is 27.4 Å². The second kappa shape index (κ2) is 7.74. The molecule has 1 N–H and O–H groups in total. The molecule has 2 aromatic carbocycles. The number of amides is 1. The van der Waals surface area contributed by atoms with Gasteiger partial charge in [0.2, 0.25) is 0 Å². The minimum atomic E-state index is -4.73. The van der Waals surface area contributed by atoms with Crippen molar-refractivity contribution in [3.05, 3.63) is 65.5 Å². The number of aromatic amines is 1. The van der Waals surface area contributed by atoms with E-state index < -0.39 is 6.36 Å². The van der Waals surface area contributed by atoms with Crippen LogP contribution in [-0.4, -0.2) is 40.5 Å². The fourth-order valence-corrected chi connectivity index (χ4v) is 3.34. The van der Waals surface area contributed by atoms with Gasteiger partial charge in [0.1, 0.15) is 18.1 Å². The number of aryl methyl sites for hydroxylation is 1. The average molecular weight is 417 g/mol. The molecule has 0 bridgehead atoms. The van der Waals surface area contributed by atoms with Crippen LogP contribution in [0.1, 0.15) is 21.6 Å². The molecule has 0 saturated carbocycles. The molecule has 6 nitrogen and oxygen atoms in total. The highest BCUT2D eigenvalue weighted by Crippen LogP contribution is 2.31. The molecule has 4 rings (SSSR count). The van der Waals surface area contributed by atoms with Crippen LogP contribution in [0.5, 0.6) is 11.5 Å². The number of rotatable bonds is 3. The zero-order chi connectivity index (χ0) is 21.3. The van der Waals surface area contributed by atoms with Gasteiger partial charge in [0.05, 0.1) is 17.8 Å². The van der Waals surface area contributed by atoms with Gasteiger partial charge in [-0.1, -0.05) is 18.2 Å². The second-order valence-electron chi connectivity index (χ2n) is 6.85. The van der Waals surface area contributed by atoms with Gasteiger partial charge in [-0.15, -0.1) is 13.2 Å². The van der Waals surface area contributed by atoms with Crippen LogP contribution in [0.4, 0.5) is 13.2 Å². The third-order valence-electron chi connectivity index (χ3n) is 4.81. The van der Waals surface area contributed by atoms with Crippen molar-refractivity contribution in [2.75, 3.05) is 13.2 Å². The first-order valence-electron chi connectivity index (χ1n) is 9.22. The van der Waals surface area contributed by atoms with Crippen LogP contribution < -0.4 is 9.47 Å². The molecule has 0 unspecified atom stereocenters. The molecule has 1 aliphatic rings. The molecular weight excluding hydrogens is 399 g/mol. The molecule has 1 amide bonds. The van der Waals surface area contributed by atoms with Crippen LogP contribution >= 0.6 is 0 Å². The maximum atomic E-state index is 12.9. The predicted molar refractivity (Wildman–Crippen MR) is 102 cm³/mol. The summed E-state index contributed by atoms with van der Waals surface area (Å²) in [6.07, 6.45) is -3.16. The third-order valence-corrected chi connectivity index (χ3v) is 4.81. The summed E-state index contributed by atoms with van der Waals surface area (Å²) in [5.74, 6) is 0.253. The summed E-state index contributed by atoms with van der Waals surface area (Å²) in [5, 5.41) is 6.69. The van der Waals surface area contributed by atoms with Crippen LogP contribution in [0.25, 0.3) is 11.1 Å². The summed E-state index contributed by atoms with van der Waals surface area (Å²) in [6.45, 7) is 2.90. The Morgan fingerprint density at radius 3 is 2.57 bits per heavy atom.